The van der Waals surface area contributed by atoms with Crippen molar-refractivity contribution in [3.05, 3.63) is 55.6 Å². The van der Waals surface area contributed by atoms with Gasteiger partial charge in [-0.3, -0.25) is 9.59 Å². The van der Waals surface area contributed by atoms with E-state index in [4.69, 9.17) is 4.42 Å². The zero-order valence-corrected chi connectivity index (χ0v) is 17.3. The molecule has 26 heavy (non-hydrogen) atoms. The van der Waals surface area contributed by atoms with E-state index in [1.165, 1.54) is 6.08 Å². The Balaban J connectivity index is 1.69. The average Bonchev–Trinajstić information content (AvgIpc) is 3.01. The van der Waals surface area contributed by atoms with Crippen molar-refractivity contribution in [2.24, 2.45) is 0 Å². The van der Waals surface area contributed by atoms with Crippen molar-refractivity contribution in [3.63, 3.8) is 0 Å². The number of imide groups is 1. The molecule has 4 amide bonds. The summed E-state index contributed by atoms with van der Waals surface area (Å²) in [6.07, 6.45) is 1.42. The zero-order chi connectivity index (χ0) is 18.8. The van der Waals surface area contributed by atoms with Crippen LogP contribution in [-0.4, -0.2) is 29.3 Å². The van der Waals surface area contributed by atoms with Gasteiger partial charge in [-0.05, 0) is 46.6 Å². The number of aryl methyl sites for hydroxylation is 1. The van der Waals surface area contributed by atoms with E-state index in [0.717, 1.165) is 14.9 Å². The molecule has 1 fully saturated rings. The van der Waals surface area contributed by atoms with Gasteiger partial charge in [0.2, 0.25) is 5.91 Å². The van der Waals surface area contributed by atoms with Gasteiger partial charge in [-0.25, -0.2) is 9.69 Å². The Morgan fingerprint density at radius 2 is 2.15 bits per heavy atom. The van der Waals surface area contributed by atoms with Crippen molar-refractivity contribution in [1.82, 2.24) is 10.2 Å². The smallest absolute Gasteiger partial charge is 0.329 e. The van der Waals surface area contributed by atoms with E-state index in [-0.39, 0.29) is 12.2 Å². The Morgan fingerprint density at radius 3 is 2.81 bits per heavy atom. The minimum absolute atomic E-state index is 0.0519. The fourth-order valence-corrected chi connectivity index (χ4v) is 3.08. The molecular weight excluding hydrogens is 517 g/mol. The molecule has 2 heterocycles. The molecule has 1 aromatic carbocycles. The predicted octanol–water partition coefficient (Wildman–Crippen LogP) is 3.49. The molecule has 3 rings (SSSR count). The standard InChI is InChI=1S/C17H13BrIN3O4/c1-9-3-2-4-10(5-9)20-14(23)8-22-16(24)13(21-17(22)25)7-11-6-12(18)15(19)26-11/h2-7H,8H2,1H3,(H,20,23)(H,21,25)/b13-7-. The Morgan fingerprint density at radius 1 is 1.38 bits per heavy atom. The number of hydrogen-bond acceptors (Lipinski definition) is 4. The Hall–Kier alpha value is -2.14. The summed E-state index contributed by atoms with van der Waals surface area (Å²) in [5.41, 5.74) is 1.64. The number of hydrogen-bond donors (Lipinski definition) is 2. The maximum Gasteiger partial charge on any atom is 0.329 e. The molecule has 1 aliphatic heterocycles. The van der Waals surface area contributed by atoms with E-state index in [2.05, 4.69) is 26.6 Å². The van der Waals surface area contributed by atoms with Crippen LogP contribution in [0.25, 0.3) is 6.08 Å². The average molecular weight is 530 g/mol. The van der Waals surface area contributed by atoms with Crippen molar-refractivity contribution < 1.29 is 18.8 Å². The van der Waals surface area contributed by atoms with E-state index in [9.17, 15) is 14.4 Å². The molecule has 0 aliphatic carbocycles. The predicted molar refractivity (Wildman–Crippen MR) is 107 cm³/mol. The number of carbonyl (C=O) groups is 3. The molecule has 0 saturated carbocycles. The SMILES string of the molecule is Cc1cccc(NC(=O)CN2C(=O)N/C(=C\c3cc(Br)c(I)o3)C2=O)c1. The minimum atomic E-state index is -0.652. The van der Waals surface area contributed by atoms with Gasteiger partial charge in [0.15, 0.2) is 3.77 Å². The van der Waals surface area contributed by atoms with Gasteiger partial charge < -0.3 is 15.1 Å². The maximum atomic E-state index is 12.4. The molecule has 134 valence electrons. The number of carbonyl (C=O) groups excluding carboxylic acids is 3. The highest BCUT2D eigenvalue weighted by Crippen LogP contribution is 2.25. The number of anilines is 1. The first-order chi connectivity index (χ1) is 12.3. The van der Waals surface area contributed by atoms with E-state index in [0.29, 0.717) is 15.2 Å². The lowest BCUT2D eigenvalue weighted by atomic mass is 10.2. The Labute approximate surface area is 171 Å². The van der Waals surface area contributed by atoms with Crippen molar-refractivity contribution >= 4 is 68.1 Å². The second kappa shape index (κ2) is 7.62. The first kappa shape index (κ1) is 18.6. The highest BCUT2D eigenvalue weighted by Gasteiger charge is 2.35. The third-order valence-corrected chi connectivity index (χ3v) is 5.65. The summed E-state index contributed by atoms with van der Waals surface area (Å²) >= 11 is 5.30. The monoisotopic (exact) mass is 529 g/mol. The summed E-state index contributed by atoms with van der Waals surface area (Å²) in [5, 5.41) is 5.12. The number of amides is 4. The van der Waals surface area contributed by atoms with Crippen LogP contribution in [0.3, 0.4) is 0 Å². The van der Waals surface area contributed by atoms with Crippen LogP contribution in [0.1, 0.15) is 11.3 Å². The molecular formula is C17H13BrIN3O4. The van der Waals surface area contributed by atoms with Crippen molar-refractivity contribution in [1.29, 1.82) is 0 Å². The zero-order valence-electron chi connectivity index (χ0n) is 13.5. The normalized spacial score (nSPS) is 15.5. The number of halogens is 2. The summed E-state index contributed by atoms with van der Waals surface area (Å²) < 4.78 is 6.80. The second-order valence-corrected chi connectivity index (χ2v) is 7.40. The molecule has 1 aliphatic rings. The Kier molecular flexibility index (Phi) is 5.47. The number of rotatable bonds is 4. The van der Waals surface area contributed by atoms with Crippen LogP contribution in [-0.2, 0) is 9.59 Å². The van der Waals surface area contributed by atoms with Gasteiger partial charge in [0.05, 0.1) is 4.47 Å². The molecule has 0 spiro atoms. The maximum absolute atomic E-state index is 12.4. The number of nitrogens with one attached hydrogen (secondary N) is 2. The number of urea groups is 1. The van der Waals surface area contributed by atoms with Gasteiger partial charge in [0, 0.05) is 34.4 Å². The third kappa shape index (κ3) is 4.15. The Bertz CT molecular complexity index is 918. The fourth-order valence-electron chi connectivity index (χ4n) is 2.36. The van der Waals surface area contributed by atoms with E-state index < -0.39 is 17.8 Å². The lowest BCUT2D eigenvalue weighted by Gasteiger charge is -2.12. The molecule has 9 heteroatoms. The molecule has 0 bridgehead atoms. The van der Waals surface area contributed by atoms with Gasteiger partial charge in [-0.2, -0.15) is 0 Å². The lowest BCUT2D eigenvalue weighted by molar-refractivity contribution is -0.127. The first-order valence-corrected chi connectivity index (χ1v) is 9.36. The third-order valence-electron chi connectivity index (χ3n) is 3.52. The minimum Gasteiger partial charge on any atom is -0.450 e. The highest BCUT2D eigenvalue weighted by atomic mass is 127. The van der Waals surface area contributed by atoms with Gasteiger partial charge in [-0.1, -0.05) is 12.1 Å². The van der Waals surface area contributed by atoms with Crippen molar-refractivity contribution in [2.75, 3.05) is 11.9 Å². The summed E-state index contributed by atoms with van der Waals surface area (Å²) in [6.45, 7) is 1.52. The van der Waals surface area contributed by atoms with Crippen LogP contribution in [0.2, 0.25) is 0 Å². The second-order valence-electron chi connectivity index (χ2n) is 5.57. The molecule has 1 aromatic heterocycles. The molecule has 0 radical (unpaired) electrons. The number of furan rings is 1. The molecule has 0 atom stereocenters. The molecule has 7 nitrogen and oxygen atoms in total. The first-order valence-electron chi connectivity index (χ1n) is 7.49. The van der Waals surface area contributed by atoms with E-state index in [1.807, 2.05) is 41.6 Å². The number of nitrogens with zero attached hydrogens (tertiary/aromatic N) is 1. The summed E-state index contributed by atoms with van der Waals surface area (Å²) in [5.74, 6) is -0.636. The van der Waals surface area contributed by atoms with Gasteiger partial charge in [-0.15, -0.1) is 0 Å². The summed E-state index contributed by atoms with van der Waals surface area (Å²) in [6, 6.07) is 8.27. The van der Waals surface area contributed by atoms with E-state index >= 15 is 0 Å². The molecule has 2 N–H and O–H groups in total. The molecule has 2 aromatic rings. The summed E-state index contributed by atoms with van der Waals surface area (Å²) in [4.78, 5) is 37.4. The van der Waals surface area contributed by atoms with Crippen molar-refractivity contribution in [2.45, 2.75) is 6.92 Å². The van der Waals surface area contributed by atoms with Crippen LogP contribution in [0.4, 0.5) is 10.5 Å². The molecule has 1 saturated heterocycles. The van der Waals surface area contributed by atoms with Crippen LogP contribution in [0.15, 0.2) is 44.9 Å². The fraction of sp³-hybridized carbons (Fsp3) is 0.118. The van der Waals surface area contributed by atoms with Crippen LogP contribution < -0.4 is 10.6 Å². The summed E-state index contributed by atoms with van der Waals surface area (Å²) in [7, 11) is 0. The quantitative estimate of drug-likeness (QED) is 0.360. The van der Waals surface area contributed by atoms with Gasteiger partial charge >= 0.3 is 6.03 Å². The van der Waals surface area contributed by atoms with E-state index in [1.54, 1.807) is 18.2 Å². The van der Waals surface area contributed by atoms with Crippen molar-refractivity contribution in [3.8, 4) is 0 Å². The largest absolute Gasteiger partial charge is 0.450 e. The topological polar surface area (TPSA) is 91.7 Å². The van der Waals surface area contributed by atoms with Gasteiger partial charge in [0.1, 0.15) is 18.0 Å². The lowest BCUT2D eigenvalue weighted by Crippen LogP contribution is -2.38. The molecule has 0 unspecified atom stereocenters. The highest BCUT2D eigenvalue weighted by molar-refractivity contribution is 14.1. The number of benzene rings is 1. The van der Waals surface area contributed by atoms with Gasteiger partial charge in [0.25, 0.3) is 5.91 Å². The van der Waals surface area contributed by atoms with Crippen LogP contribution in [0, 0.1) is 10.7 Å². The van der Waals surface area contributed by atoms with Crippen LogP contribution >= 0.6 is 38.5 Å². The van der Waals surface area contributed by atoms with Crippen LogP contribution in [0.5, 0.6) is 0 Å².